The molecule has 0 radical (unpaired) electrons. The van der Waals surface area contributed by atoms with Gasteiger partial charge in [-0.3, -0.25) is 0 Å². The van der Waals surface area contributed by atoms with Gasteiger partial charge in [0, 0.05) is 6.54 Å². The third kappa shape index (κ3) is 3.31. The van der Waals surface area contributed by atoms with Crippen LogP contribution in [0.25, 0.3) is 0 Å². The number of carbonyl (C=O) groups excluding carboxylic acids is 1. The molecule has 0 N–H and O–H groups in total. The third-order valence-electron chi connectivity index (χ3n) is 2.53. The molecule has 0 unspecified atom stereocenters. The van der Waals surface area contributed by atoms with Crippen molar-refractivity contribution in [1.82, 2.24) is 4.90 Å². The predicted octanol–water partition coefficient (Wildman–Crippen LogP) is 2.53. The molecule has 17 heavy (non-hydrogen) atoms. The third-order valence-corrected chi connectivity index (χ3v) is 2.53. The van der Waals surface area contributed by atoms with Crippen LogP contribution in [-0.4, -0.2) is 30.3 Å². The topological polar surface area (TPSA) is 29.5 Å². The van der Waals surface area contributed by atoms with E-state index < -0.39 is 12.3 Å². The Kier molecular flexibility index (Phi) is 3.75. The van der Waals surface area contributed by atoms with Gasteiger partial charge in [0.05, 0.1) is 6.54 Å². The lowest BCUT2D eigenvalue weighted by atomic mass is 10.2. The molecule has 1 atom stereocenters. The second-order valence-corrected chi connectivity index (χ2v) is 3.89. The van der Waals surface area contributed by atoms with E-state index in [0.717, 1.165) is 5.56 Å². The summed E-state index contributed by atoms with van der Waals surface area (Å²) >= 11 is 0. The summed E-state index contributed by atoms with van der Waals surface area (Å²) < 4.78 is 18.1. The van der Waals surface area contributed by atoms with E-state index in [0.29, 0.717) is 6.54 Å². The smallest absolute Gasteiger partial charge is 0.410 e. The van der Waals surface area contributed by atoms with E-state index in [1.54, 1.807) is 6.08 Å². The Morgan fingerprint density at radius 1 is 1.41 bits per heavy atom. The Bertz CT molecular complexity index is 405. The Hall–Kier alpha value is -1.84. The van der Waals surface area contributed by atoms with Gasteiger partial charge in [-0.25, -0.2) is 9.18 Å². The van der Waals surface area contributed by atoms with E-state index in [1.165, 1.54) is 11.0 Å². The summed E-state index contributed by atoms with van der Waals surface area (Å²) in [6, 6.07) is 9.41. The quantitative estimate of drug-likeness (QED) is 0.737. The molecule has 1 aromatic rings. The van der Waals surface area contributed by atoms with Gasteiger partial charge in [0.2, 0.25) is 0 Å². The summed E-state index contributed by atoms with van der Waals surface area (Å²) in [5.74, 6) is 0. The van der Waals surface area contributed by atoms with Crippen molar-refractivity contribution in [1.29, 1.82) is 0 Å². The second-order valence-electron chi connectivity index (χ2n) is 3.89. The monoisotopic (exact) mass is 235 g/mol. The molecule has 0 aliphatic carbocycles. The molecule has 0 fully saturated rings. The van der Waals surface area contributed by atoms with Gasteiger partial charge in [-0.15, -0.1) is 0 Å². The highest BCUT2D eigenvalue weighted by molar-refractivity contribution is 5.68. The molecule has 0 bridgehead atoms. The number of hydrogen-bond donors (Lipinski definition) is 0. The van der Waals surface area contributed by atoms with Crippen molar-refractivity contribution in [3.63, 3.8) is 0 Å². The van der Waals surface area contributed by atoms with Gasteiger partial charge in [0.25, 0.3) is 0 Å². The number of benzene rings is 1. The number of halogens is 1. The Morgan fingerprint density at radius 3 is 2.88 bits per heavy atom. The second kappa shape index (κ2) is 5.48. The molecule has 1 amide bonds. The molecular formula is C13H14FNO2. The van der Waals surface area contributed by atoms with Crippen LogP contribution in [0.15, 0.2) is 42.5 Å². The molecule has 0 spiro atoms. The molecule has 4 heteroatoms. The normalized spacial score (nSPS) is 19.1. The fourth-order valence-electron chi connectivity index (χ4n) is 1.64. The van der Waals surface area contributed by atoms with E-state index in [9.17, 15) is 9.18 Å². The minimum Gasteiger partial charge on any atom is -0.445 e. The van der Waals surface area contributed by atoms with Gasteiger partial charge < -0.3 is 9.64 Å². The zero-order chi connectivity index (χ0) is 12.1. The SMILES string of the molecule is O=C(OCc1ccccc1)N1CC=C[C@@H](F)C1. The zero-order valence-corrected chi connectivity index (χ0v) is 9.38. The lowest BCUT2D eigenvalue weighted by molar-refractivity contribution is 0.0915. The predicted molar refractivity (Wildman–Crippen MR) is 62.2 cm³/mol. The molecular weight excluding hydrogens is 221 g/mol. The number of alkyl halides is 1. The molecule has 1 aliphatic heterocycles. The summed E-state index contributed by atoms with van der Waals surface area (Å²) in [6.07, 6.45) is 1.53. The molecule has 0 aromatic heterocycles. The van der Waals surface area contributed by atoms with Gasteiger partial charge in [0.15, 0.2) is 0 Å². The van der Waals surface area contributed by atoms with Crippen LogP contribution >= 0.6 is 0 Å². The number of carbonyl (C=O) groups is 1. The first-order chi connectivity index (χ1) is 8.25. The molecule has 3 nitrogen and oxygen atoms in total. The lowest BCUT2D eigenvalue weighted by Gasteiger charge is -2.24. The highest BCUT2D eigenvalue weighted by atomic mass is 19.1. The van der Waals surface area contributed by atoms with Crippen molar-refractivity contribution in [2.75, 3.05) is 13.1 Å². The van der Waals surface area contributed by atoms with Crippen LogP contribution in [0.3, 0.4) is 0 Å². The summed E-state index contributed by atoms with van der Waals surface area (Å²) in [7, 11) is 0. The van der Waals surface area contributed by atoms with Crippen molar-refractivity contribution in [3.05, 3.63) is 48.0 Å². The van der Waals surface area contributed by atoms with Crippen LogP contribution in [0.5, 0.6) is 0 Å². The van der Waals surface area contributed by atoms with Gasteiger partial charge in [-0.05, 0) is 5.56 Å². The number of nitrogens with zero attached hydrogens (tertiary/aromatic N) is 1. The lowest BCUT2D eigenvalue weighted by Crippen LogP contribution is -2.38. The van der Waals surface area contributed by atoms with Crippen LogP contribution in [-0.2, 0) is 11.3 Å². The highest BCUT2D eigenvalue weighted by Crippen LogP contribution is 2.09. The first-order valence-electron chi connectivity index (χ1n) is 5.52. The number of amides is 1. The van der Waals surface area contributed by atoms with Crippen molar-refractivity contribution in [2.24, 2.45) is 0 Å². The molecule has 1 aromatic carbocycles. The maximum Gasteiger partial charge on any atom is 0.410 e. The summed E-state index contributed by atoms with van der Waals surface area (Å²) in [4.78, 5) is 13.0. The van der Waals surface area contributed by atoms with Crippen LogP contribution in [0.4, 0.5) is 9.18 Å². The molecule has 90 valence electrons. The van der Waals surface area contributed by atoms with Crippen molar-refractivity contribution >= 4 is 6.09 Å². The van der Waals surface area contributed by atoms with Crippen LogP contribution in [0, 0.1) is 0 Å². The van der Waals surface area contributed by atoms with Crippen molar-refractivity contribution in [2.45, 2.75) is 12.8 Å². The molecule has 1 heterocycles. The highest BCUT2D eigenvalue weighted by Gasteiger charge is 2.20. The Morgan fingerprint density at radius 2 is 2.18 bits per heavy atom. The van der Waals surface area contributed by atoms with E-state index in [1.807, 2.05) is 30.3 Å². The largest absolute Gasteiger partial charge is 0.445 e. The number of hydrogen-bond acceptors (Lipinski definition) is 2. The van der Waals surface area contributed by atoms with Crippen LogP contribution in [0.2, 0.25) is 0 Å². The van der Waals surface area contributed by atoms with Gasteiger partial charge >= 0.3 is 6.09 Å². The summed E-state index contributed by atoms with van der Waals surface area (Å²) in [5, 5.41) is 0. The Labute approximate surface area is 99.5 Å². The maximum absolute atomic E-state index is 13.0. The Balaban J connectivity index is 1.84. The average Bonchev–Trinajstić information content (AvgIpc) is 2.37. The van der Waals surface area contributed by atoms with Gasteiger partial charge in [0.1, 0.15) is 12.8 Å². The molecule has 0 saturated heterocycles. The van der Waals surface area contributed by atoms with Gasteiger partial charge in [-0.2, -0.15) is 0 Å². The van der Waals surface area contributed by atoms with Crippen LogP contribution in [0.1, 0.15) is 5.56 Å². The van der Waals surface area contributed by atoms with E-state index in [2.05, 4.69) is 0 Å². The number of ether oxygens (including phenoxy) is 1. The van der Waals surface area contributed by atoms with E-state index >= 15 is 0 Å². The van der Waals surface area contributed by atoms with E-state index in [-0.39, 0.29) is 13.2 Å². The standard InChI is InChI=1S/C13H14FNO2/c14-12-7-4-8-15(9-12)13(16)17-10-11-5-2-1-3-6-11/h1-7,12H,8-10H2/t12-/m1/s1. The summed E-state index contributed by atoms with van der Waals surface area (Å²) in [6.45, 7) is 0.703. The number of rotatable bonds is 2. The maximum atomic E-state index is 13.0. The molecule has 1 aliphatic rings. The minimum atomic E-state index is -1.09. The summed E-state index contributed by atoms with van der Waals surface area (Å²) in [5.41, 5.74) is 0.921. The minimum absolute atomic E-state index is 0.0735. The zero-order valence-electron chi connectivity index (χ0n) is 9.38. The molecule has 0 saturated carbocycles. The first kappa shape index (κ1) is 11.6. The van der Waals surface area contributed by atoms with Crippen molar-refractivity contribution in [3.8, 4) is 0 Å². The fraction of sp³-hybridized carbons (Fsp3) is 0.308. The molecule has 2 rings (SSSR count). The van der Waals surface area contributed by atoms with Crippen molar-refractivity contribution < 1.29 is 13.9 Å². The average molecular weight is 235 g/mol. The van der Waals surface area contributed by atoms with Crippen LogP contribution < -0.4 is 0 Å². The van der Waals surface area contributed by atoms with Gasteiger partial charge in [-0.1, -0.05) is 42.5 Å². The fourth-order valence-corrected chi connectivity index (χ4v) is 1.64. The van der Waals surface area contributed by atoms with E-state index in [4.69, 9.17) is 4.74 Å². The first-order valence-corrected chi connectivity index (χ1v) is 5.52.